The van der Waals surface area contributed by atoms with Crippen LogP contribution in [-0.4, -0.2) is 35.7 Å². The van der Waals surface area contributed by atoms with Gasteiger partial charge in [-0.1, -0.05) is 64.7 Å². The molecule has 14 heavy (non-hydrogen) atoms. The molecule has 0 unspecified atom stereocenters. The monoisotopic (exact) mass is 224 g/mol. The van der Waals surface area contributed by atoms with Crippen LogP contribution in [0.3, 0.4) is 0 Å². The van der Waals surface area contributed by atoms with E-state index < -0.39 is 0 Å². The van der Waals surface area contributed by atoms with Gasteiger partial charge in [-0.05, 0) is 21.8 Å². The molecular weight excluding hydrogens is 198 g/mol. The van der Waals surface area contributed by atoms with E-state index in [-0.39, 0.29) is 29.6 Å². The van der Waals surface area contributed by atoms with Crippen LogP contribution in [0.1, 0.15) is 71.1 Å². The molecule has 2 radical (unpaired) electrons. The Kier molecular flexibility index (Phi) is 21.4. The van der Waals surface area contributed by atoms with Gasteiger partial charge in [-0.25, -0.2) is 0 Å². The first-order valence-electron chi connectivity index (χ1n) is 6.02. The van der Waals surface area contributed by atoms with Crippen LogP contribution in [0.2, 0.25) is 0 Å². The Morgan fingerprint density at radius 3 is 1.36 bits per heavy atom. The molecule has 0 N–H and O–H groups in total. The van der Waals surface area contributed by atoms with Crippen molar-refractivity contribution in [2.24, 2.45) is 0 Å². The van der Waals surface area contributed by atoms with Gasteiger partial charge in [0.15, 0.2) is 0 Å². The summed E-state index contributed by atoms with van der Waals surface area (Å²) in [4.78, 5) is 0. The Morgan fingerprint density at radius 1 is 0.643 bits per heavy atom. The molecule has 2 heteroatoms. The number of hydrogen-bond acceptors (Lipinski definition) is 0. The molecule has 80 valence electrons. The number of rotatable bonds is 10. The molecule has 0 aromatic heterocycles. The molecule has 0 aromatic rings. The fourth-order valence-electron chi connectivity index (χ4n) is 1.60. The van der Waals surface area contributed by atoms with Crippen LogP contribution in [0, 0.1) is 0 Å². The van der Waals surface area contributed by atoms with E-state index in [4.69, 9.17) is 0 Å². The first-order chi connectivity index (χ1) is 6.41. The third-order valence-corrected chi connectivity index (χ3v) is 2.83. The van der Waals surface area contributed by atoms with Crippen molar-refractivity contribution in [3.63, 3.8) is 0 Å². The van der Waals surface area contributed by atoms with E-state index in [0.717, 1.165) is 6.16 Å². The van der Waals surface area contributed by atoms with E-state index >= 15 is 0 Å². The van der Waals surface area contributed by atoms with Gasteiger partial charge in [0.05, 0.1) is 0 Å². The fraction of sp³-hybridized carbons (Fsp3) is 1.00. The Morgan fingerprint density at radius 2 is 1.00 bits per heavy atom. The molecule has 0 fully saturated rings. The van der Waals surface area contributed by atoms with Gasteiger partial charge in [0.1, 0.15) is 0 Å². The quantitative estimate of drug-likeness (QED) is 0.287. The first-order valence-corrected chi connectivity index (χ1v) is 6.66. The molecule has 0 amide bonds. The maximum absolute atomic E-state index is 4.20. The Hall–Kier alpha value is 1.43. The van der Waals surface area contributed by atoms with Crippen molar-refractivity contribution in [2.75, 3.05) is 6.16 Å². The van der Waals surface area contributed by atoms with Crippen molar-refractivity contribution in [1.29, 1.82) is 0 Å². The van der Waals surface area contributed by atoms with Crippen LogP contribution in [0.25, 0.3) is 0 Å². The average molecular weight is 224 g/mol. The molecule has 0 bridgehead atoms. The number of hydrogen-bond donors (Lipinski definition) is 0. The summed E-state index contributed by atoms with van der Waals surface area (Å²) >= 11 is 0. The molecule has 0 aliphatic rings. The Balaban J connectivity index is 0. The van der Waals surface area contributed by atoms with Gasteiger partial charge in [0.2, 0.25) is 0 Å². The molecular formula is C12H26NaP. The predicted molar refractivity (Wildman–Crippen MR) is 70.8 cm³/mol. The first kappa shape index (κ1) is 17.8. The predicted octanol–water partition coefficient (Wildman–Crippen LogP) is 4.67. The van der Waals surface area contributed by atoms with E-state index in [1.165, 1.54) is 64.2 Å². The van der Waals surface area contributed by atoms with E-state index in [0.29, 0.717) is 0 Å². The summed E-state index contributed by atoms with van der Waals surface area (Å²) in [6, 6.07) is 0. The van der Waals surface area contributed by atoms with Crippen molar-refractivity contribution in [1.82, 2.24) is 0 Å². The molecule has 0 aliphatic heterocycles. The summed E-state index contributed by atoms with van der Waals surface area (Å²) in [5.41, 5.74) is 0. The van der Waals surface area contributed by atoms with Gasteiger partial charge in [-0.2, -0.15) is 0 Å². The molecule has 0 atom stereocenters. The van der Waals surface area contributed by atoms with Crippen LogP contribution in [0.15, 0.2) is 0 Å². The van der Waals surface area contributed by atoms with Crippen molar-refractivity contribution in [3.05, 3.63) is 0 Å². The summed E-state index contributed by atoms with van der Waals surface area (Å²) in [6.45, 7) is 2.28. The summed E-state index contributed by atoms with van der Waals surface area (Å²) in [6.07, 6.45) is 15.2. The molecule has 0 saturated heterocycles. The van der Waals surface area contributed by atoms with Crippen molar-refractivity contribution in [3.8, 4) is 0 Å². The second kappa shape index (κ2) is 16.8. The SMILES string of the molecule is CCCCCCCCCCCC[P].[NaH]. The minimum atomic E-state index is 0. The molecule has 0 nitrogen and oxygen atoms in total. The molecule has 0 spiro atoms. The van der Waals surface area contributed by atoms with E-state index in [2.05, 4.69) is 16.2 Å². The summed E-state index contributed by atoms with van der Waals surface area (Å²) < 4.78 is 0. The second-order valence-electron chi connectivity index (χ2n) is 3.91. The van der Waals surface area contributed by atoms with E-state index in [1.807, 2.05) is 0 Å². The number of unbranched alkanes of at least 4 members (excludes halogenated alkanes) is 9. The van der Waals surface area contributed by atoms with Crippen molar-refractivity contribution < 1.29 is 0 Å². The fourth-order valence-corrected chi connectivity index (χ4v) is 1.82. The van der Waals surface area contributed by atoms with Gasteiger partial charge in [-0.15, -0.1) is 0 Å². The zero-order valence-corrected chi connectivity index (χ0v) is 10.1. The average Bonchev–Trinajstić information content (AvgIpc) is 2.16. The second-order valence-corrected chi connectivity index (χ2v) is 4.35. The zero-order valence-electron chi connectivity index (χ0n) is 9.23. The maximum atomic E-state index is 4.20. The van der Waals surface area contributed by atoms with E-state index in [1.54, 1.807) is 0 Å². The van der Waals surface area contributed by atoms with Gasteiger partial charge in [0.25, 0.3) is 0 Å². The molecule has 0 rings (SSSR count). The molecule has 0 saturated carbocycles. The molecule has 0 heterocycles. The van der Waals surface area contributed by atoms with Crippen LogP contribution < -0.4 is 0 Å². The topological polar surface area (TPSA) is 0 Å². The van der Waals surface area contributed by atoms with Crippen LogP contribution in [0.5, 0.6) is 0 Å². The van der Waals surface area contributed by atoms with Gasteiger partial charge < -0.3 is 0 Å². The summed E-state index contributed by atoms with van der Waals surface area (Å²) in [5, 5.41) is 0. The van der Waals surface area contributed by atoms with Crippen LogP contribution in [-0.2, 0) is 0 Å². The minimum absolute atomic E-state index is 0. The van der Waals surface area contributed by atoms with Crippen LogP contribution >= 0.6 is 9.24 Å². The molecule has 0 aromatic carbocycles. The van der Waals surface area contributed by atoms with Crippen molar-refractivity contribution >= 4 is 38.8 Å². The van der Waals surface area contributed by atoms with E-state index in [9.17, 15) is 0 Å². The summed E-state index contributed by atoms with van der Waals surface area (Å²) in [5.74, 6) is 0. The normalized spacial score (nSPS) is 9.86. The van der Waals surface area contributed by atoms with Gasteiger partial charge >= 0.3 is 29.6 Å². The standard InChI is InChI=1S/C12H25P.Na.H/c1-2-3-4-5-6-7-8-9-10-11-12-13;;/h2-12H2,1H3;;. The van der Waals surface area contributed by atoms with Crippen molar-refractivity contribution in [2.45, 2.75) is 71.1 Å². The van der Waals surface area contributed by atoms with Gasteiger partial charge in [0, 0.05) is 0 Å². The zero-order chi connectivity index (χ0) is 9.78. The summed E-state index contributed by atoms with van der Waals surface area (Å²) in [7, 11) is 4.20. The third kappa shape index (κ3) is 15.9. The Labute approximate surface area is 115 Å². The van der Waals surface area contributed by atoms with Gasteiger partial charge in [-0.3, -0.25) is 0 Å². The Bertz CT molecular complexity index is 76.4. The third-order valence-electron chi connectivity index (χ3n) is 2.51. The van der Waals surface area contributed by atoms with Crippen LogP contribution in [0.4, 0.5) is 0 Å². The molecule has 0 aliphatic carbocycles.